The summed E-state index contributed by atoms with van der Waals surface area (Å²) in [7, 11) is 0. The number of ether oxygens (including phenoxy) is 2. The van der Waals surface area contributed by atoms with E-state index in [9.17, 15) is 9.59 Å². The summed E-state index contributed by atoms with van der Waals surface area (Å²) in [6, 6.07) is 16.0. The molecule has 2 saturated heterocycles. The molecule has 0 unspecified atom stereocenters. The topological polar surface area (TPSA) is 55.8 Å². The zero-order chi connectivity index (χ0) is 19.3. The van der Waals surface area contributed by atoms with Crippen molar-refractivity contribution in [2.75, 3.05) is 26.0 Å². The van der Waals surface area contributed by atoms with Gasteiger partial charge in [0.2, 0.25) is 0 Å². The van der Waals surface area contributed by atoms with Crippen molar-refractivity contribution >= 4 is 23.6 Å². The Morgan fingerprint density at radius 3 is 2.43 bits per heavy atom. The number of hydrogen-bond donors (Lipinski definition) is 0. The maximum Gasteiger partial charge on any atom is 0.410 e. The second kappa shape index (κ2) is 6.94. The zero-order valence-corrected chi connectivity index (χ0v) is 16.4. The molecular weight excluding hydrogens is 374 g/mol. The first-order valence-corrected chi connectivity index (χ1v) is 10.8. The molecule has 6 heteroatoms. The molecule has 0 aromatic heterocycles. The summed E-state index contributed by atoms with van der Waals surface area (Å²) < 4.78 is 11.4. The Morgan fingerprint density at radius 2 is 1.79 bits per heavy atom. The average molecular weight is 395 g/mol. The SMILES string of the molecule is CS[C@H]1CN(C(=O)OCC2c3ccccc3-c3ccccc32)[C@@H]2C(=O)CO[C@H]12. The predicted octanol–water partition coefficient (Wildman–Crippen LogP) is 3.32. The summed E-state index contributed by atoms with van der Waals surface area (Å²) in [6.45, 7) is 0.832. The van der Waals surface area contributed by atoms with Gasteiger partial charge in [-0.2, -0.15) is 11.8 Å². The van der Waals surface area contributed by atoms with Gasteiger partial charge >= 0.3 is 6.09 Å². The third-order valence-corrected chi connectivity index (χ3v) is 7.03. The van der Waals surface area contributed by atoms with Crippen molar-refractivity contribution < 1.29 is 19.1 Å². The number of amides is 1. The Bertz CT molecular complexity index is 900. The van der Waals surface area contributed by atoms with Gasteiger partial charge in [-0.3, -0.25) is 9.69 Å². The number of nitrogens with zero attached hydrogens (tertiary/aromatic N) is 1. The lowest BCUT2D eigenvalue weighted by atomic mass is 9.98. The van der Waals surface area contributed by atoms with Crippen molar-refractivity contribution in [1.82, 2.24) is 4.90 Å². The van der Waals surface area contributed by atoms with Gasteiger partial charge in [-0.05, 0) is 28.5 Å². The molecule has 0 bridgehead atoms. The van der Waals surface area contributed by atoms with Gasteiger partial charge in [0, 0.05) is 12.5 Å². The Labute approximate surface area is 168 Å². The number of thioether (sulfide) groups is 1. The number of ketones is 1. The van der Waals surface area contributed by atoms with E-state index < -0.39 is 12.1 Å². The van der Waals surface area contributed by atoms with E-state index in [4.69, 9.17) is 9.47 Å². The minimum absolute atomic E-state index is 0.0154. The van der Waals surface area contributed by atoms with E-state index in [0.717, 1.165) is 0 Å². The quantitative estimate of drug-likeness (QED) is 0.798. The molecular formula is C22H21NO4S. The van der Waals surface area contributed by atoms with Gasteiger partial charge in [0.25, 0.3) is 0 Å². The molecule has 5 rings (SSSR count). The molecule has 2 aliphatic heterocycles. The molecule has 144 valence electrons. The number of rotatable bonds is 3. The van der Waals surface area contributed by atoms with Gasteiger partial charge in [0.1, 0.15) is 19.3 Å². The van der Waals surface area contributed by atoms with Crippen LogP contribution in [0.25, 0.3) is 11.1 Å². The third-order valence-electron chi connectivity index (χ3n) is 6.01. The number of carbonyl (C=O) groups is 2. The van der Waals surface area contributed by atoms with Crippen LogP contribution in [0.2, 0.25) is 0 Å². The Hall–Kier alpha value is -2.31. The van der Waals surface area contributed by atoms with Crippen LogP contribution >= 0.6 is 11.8 Å². The van der Waals surface area contributed by atoms with E-state index in [0.29, 0.717) is 6.54 Å². The number of hydrogen-bond acceptors (Lipinski definition) is 5. The standard InChI is InChI=1S/C22H21NO4S/c1-28-19-10-23(20-18(24)12-26-21(19)20)22(25)27-11-17-15-8-4-2-6-13(15)14-7-3-5-9-16(14)17/h2-9,17,19-21H,10-12H2,1H3/t19-,20+,21+/m0/s1. The van der Waals surface area contributed by atoms with E-state index in [-0.39, 0.29) is 36.3 Å². The van der Waals surface area contributed by atoms with Gasteiger partial charge < -0.3 is 9.47 Å². The Morgan fingerprint density at radius 1 is 1.14 bits per heavy atom. The first-order chi connectivity index (χ1) is 13.7. The first kappa shape index (κ1) is 17.8. The number of likely N-dealkylation sites (tertiary alicyclic amines) is 1. The molecule has 0 N–H and O–H groups in total. The van der Waals surface area contributed by atoms with Crippen molar-refractivity contribution in [1.29, 1.82) is 0 Å². The fourth-order valence-electron chi connectivity index (χ4n) is 4.68. The average Bonchev–Trinajstić information content (AvgIpc) is 3.38. The minimum atomic E-state index is -0.506. The van der Waals surface area contributed by atoms with Crippen LogP contribution in [0.4, 0.5) is 4.79 Å². The van der Waals surface area contributed by atoms with Crippen LogP contribution in [0.1, 0.15) is 17.0 Å². The van der Waals surface area contributed by atoms with Crippen molar-refractivity contribution in [3.05, 3.63) is 59.7 Å². The molecule has 2 fully saturated rings. The summed E-state index contributed by atoms with van der Waals surface area (Å²) in [5.74, 6) is -0.0170. The van der Waals surface area contributed by atoms with Crippen LogP contribution in [0.15, 0.2) is 48.5 Å². The van der Waals surface area contributed by atoms with Gasteiger partial charge in [-0.1, -0.05) is 48.5 Å². The van der Waals surface area contributed by atoms with Gasteiger partial charge in [0.05, 0.1) is 11.4 Å². The highest BCUT2D eigenvalue weighted by Gasteiger charge is 2.52. The van der Waals surface area contributed by atoms with E-state index in [2.05, 4.69) is 24.3 Å². The number of Topliss-reactive ketones (excluding diaryl/α,β-unsaturated/α-hetero) is 1. The van der Waals surface area contributed by atoms with E-state index >= 15 is 0 Å². The Balaban J connectivity index is 1.35. The van der Waals surface area contributed by atoms with Crippen LogP contribution in [0.3, 0.4) is 0 Å². The van der Waals surface area contributed by atoms with Gasteiger partial charge in [-0.15, -0.1) is 0 Å². The largest absolute Gasteiger partial charge is 0.448 e. The molecule has 0 saturated carbocycles. The van der Waals surface area contributed by atoms with Crippen LogP contribution < -0.4 is 0 Å². The smallest absolute Gasteiger partial charge is 0.410 e. The third kappa shape index (κ3) is 2.66. The molecule has 0 radical (unpaired) electrons. The minimum Gasteiger partial charge on any atom is -0.448 e. The number of fused-ring (bicyclic) bond motifs is 4. The summed E-state index contributed by atoms with van der Waals surface area (Å²) in [5.41, 5.74) is 4.75. The summed E-state index contributed by atoms with van der Waals surface area (Å²) in [6.07, 6.45) is 1.34. The monoisotopic (exact) mass is 395 g/mol. The highest BCUT2D eigenvalue weighted by molar-refractivity contribution is 7.99. The highest BCUT2D eigenvalue weighted by atomic mass is 32.2. The molecule has 0 spiro atoms. The molecule has 2 aromatic rings. The fraction of sp³-hybridized carbons (Fsp3) is 0.364. The summed E-state index contributed by atoms with van der Waals surface area (Å²) in [5, 5.41) is 0.108. The second-order valence-electron chi connectivity index (χ2n) is 7.42. The normalized spacial score (nSPS) is 25.5. The lowest BCUT2D eigenvalue weighted by Gasteiger charge is -2.22. The van der Waals surface area contributed by atoms with E-state index in [1.165, 1.54) is 22.3 Å². The first-order valence-electron chi connectivity index (χ1n) is 9.47. The Kier molecular flexibility index (Phi) is 4.40. The van der Waals surface area contributed by atoms with E-state index in [1.807, 2.05) is 30.5 Å². The summed E-state index contributed by atoms with van der Waals surface area (Å²) >= 11 is 1.63. The lowest BCUT2D eigenvalue weighted by molar-refractivity contribution is -0.121. The van der Waals surface area contributed by atoms with Crippen LogP contribution in [0.5, 0.6) is 0 Å². The molecule has 2 aromatic carbocycles. The molecule has 3 aliphatic rings. The van der Waals surface area contributed by atoms with Crippen molar-refractivity contribution in [3.8, 4) is 11.1 Å². The molecule has 3 atom stereocenters. The van der Waals surface area contributed by atoms with Crippen molar-refractivity contribution in [2.24, 2.45) is 0 Å². The molecule has 1 aliphatic carbocycles. The fourth-order valence-corrected chi connectivity index (χ4v) is 5.49. The lowest BCUT2D eigenvalue weighted by Crippen LogP contribution is -2.42. The van der Waals surface area contributed by atoms with Crippen LogP contribution in [-0.4, -0.2) is 60.2 Å². The van der Waals surface area contributed by atoms with Gasteiger partial charge in [-0.25, -0.2) is 4.79 Å². The van der Waals surface area contributed by atoms with Gasteiger partial charge in [0.15, 0.2) is 5.78 Å². The number of benzene rings is 2. The predicted molar refractivity (Wildman–Crippen MR) is 108 cm³/mol. The maximum atomic E-state index is 12.9. The molecule has 28 heavy (non-hydrogen) atoms. The number of carbonyl (C=O) groups excluding carboxylic acids is 2. The molecule has 2 heterocycles. The van der Waals surface area contributed by atoms with Crippen LogP contribution in [0, 0.1) is 0 Å². The molecule has 1 amide bonds. The summed E-state index contributed by atoms with van der Waals surface area (Å²) in [4.78, 5) is 26.7. The second-order valence-corrected chi connectivity index (χ2v) is 8.49. The highest BCUT2D eigenvalue weighted by Crippen LogP contribution is 2.44. The van der Waals surface area contributed by atoms with Crippen LogP contribution in [-0.2, 0) is 14.3 Å². The molecule has 5 nitrogen and oxygen atoms in total. The van der Waals surface area contributed by atoms with E-state index in [1.54, 1.807) is 16.7 Å². The zero-order valence-electron chi connectivity index (χ0n) is 15.5. The van der Waals surface area contributed by atoms with Crippen molar-refractivity contribution in [2.45, 2.75) is 23.3 Å². The van der Waals surface area contributed by atoms with Crippen molar-refractivity contribution in [3.63, 3.8) is 0 Å². The maximum absolute atomic E-state index is 12.9.